The van der Waals surface area contributed by atoms with Gasteiger partial charge in [0, 0.05) is 24.3 Å². The summed E-state index contributed by atoms with van der Waals surface area (Å²) in [6.07, 6.45) is 9.88. The molecule has 0 N–H and O–H groups in total. The summed E-state index contributed by atoms with van der Waals surface area (Å²) in [5.74, 6) is 1.69. The molecule has 1 saturated carbocycles. The normalized spacial score (nSPS) is 29.1. The van der Waals surface area contributed by atoms with Gasteiger partial charge in [-0.2, -0.15) is 4.98 Å². The third-order valence-corrected chi connectivity index (χ3v) is 8.54. The number of aromatic nitrogens is 3. The Morgan fingerprint density at radius 1 is 0.971 bits per heavy atom. The summed E-state index contributed by atoms with van der Waals surface area (Å²) in [5.41, 5.74) is 0.607. The third-order valence-electron chi connectivity index (χ3n) is 7.55. The van der Waals surface area contributed by atoms with Crippen molar-refractivity contribution in [3.63, 3.8) is 0 Å². The van der Waals surface area contributed by atoms with Crippen LogP contribution in [-0.4, -0.2) is 60.2 Å². The molecule has 0 amide bonds. The maximum atomic E-state index is 11.7. The van der Waals surface area contributed by atoms with E-state index in [2.05, 4.69) is 33.9 Å². The summed E-state index contributed by atoms with van der Waals surface area (Å²) in [7, 11) is -3.32. The van der Waals surface area contributed by atoms with Gasteiger partial charge in [0.25, 0.3) is 0 Å². The first-order valence-corrected chi connectivity index (χ1v) is 14.7. The molecule has 4 heterocycles. The fraction of sp³-hybridized carbons (Fsp3) is 0.720. The fourth-order valence-corrected chi connectivity index (χ4v) is 6.33. The SMILES string of the molecule is Cc1nc(S(C)(=O)=O)ccc1OC1CCC(OC2C[C@@H]3CC[C@@H](C2)N3c2nc(C(C)C)no2)CC1. The second-order valence-electron chi connectivity index (χ2n) is 10.6. The van der Waals surface area contributed by atoms with Crippen LogP contribution in [0.4, 0.5) is 6.01 Å². The molecule has 0 aromatic carbocycles. The second-order valence-corrected chi connectivity index (χ2v) is 12.6. The van der Waals surface area contributed by atoms with Crippen LogP contribution >= 0.6 is 0 Å². The largest absolute Gasteiger partial charge is 0.489 e. The van der Waals surface area contributed by atoms with Crippen molar-refractivity contribution in [2.45, 2.75) is 113 Å². The van der Waals surface area contributed by atoms with Gasteiger partial charge in [0.15, 0.2) is 20.7 Å². The number of rotatable bonds is 7. The van der Waals surface area contributed by atoms with E-state index in [1.54, 1.807) is 13.0 Å². The number of ether oxygens (including phenoxy) is 2. The monoisotopic (exact) mass is 504 g/mol. The molecule has 3 fully saturated rings. The van der Waals surface area contributed by atoms with Gasteiger partial charge in [-0.1, -0.05) is 19.0 Å². The zero-order valence-electron chi connectivity index (χ0n) is 21.0. The average Bonchev–Trinajstić information content (AvgIpc) is 3.38. The Morgan fingerprint density at radius 3 is 2.20 bits per heavy atom. The highest BCUT2D eigenvalue weighted by Crippen LogP contribution is 2.41. The Bertz CT molecular complexity index is 1130. The smallest absolute Gasteiger partial charge is 0.324 e. The van der Waals surface area contributed by atoms with E-state index in [9.17, 15) is 8.42 Å². The van der Waals surface area contributed by atoms with Crippen LogP contribution < -0.4 is 9.64 Å². The predicted octanol–water partition coefficient (Wildman–Crippen LogP) is 4.21. The summed E-state index contributed by atoms with van der Waals surface area (Å²) < 4.78 is 41.8. The number of hydrogen-bond donors (Lipinski definition) is 0. The van der Waals surface area contributed by atoms with E-state index in [-0.39, 0.29) is 29.3 Å². The topological polar surface area (TPSA) is 108 Å². The van der Waals surface area contributed by atoms with Crippen molar-refractivity contribution in [1.29, 1.82) is 0 Å². The quantitative estimate of drug-likeness (QED) is 0.548. The van der Waals surface area contributed by atoms with Gasteiger partial charge < -0.3 is 18.9 Å². The maximum absolute atomic E-state index is 11.7. The van der Waals surface area contributed by atoms with E-state index in [1.165, 1.54) is 12.3 Å². The van der Waals surface area contributed by atoms with Crippen LogP contribution in [0.25, 0.3) is 0 Å². The number of piperidine rings is 1. The highest BCUT2D eigenvalue weighted by Gasteiger charge is 2.44. The highest BCUT2D eigenvalue weighted by atomic mass is 32.2. The van der Waals surface area contributed by atoms with Gasteiger partial charge >= 0.3 is 6.01 Å². The average molecular weight is 505 g/mol. The minimum Gasteiger partial charge on any atom is -0.489 e. The standard InChI is InChI=1S/C25H36N4O5S/c1-15(2)24-27-25(34-28-24)29-17-5-6-18(29)14-21(13-17)32-19-7-9-20(10-8-19)33-22-11-12-23(26-16(22)3)35(4,30)31/h11-12,15,17-21H,5-10,13-14H2,1-4H3/t17-,18-,19?,20?/m0/s1. The first kappa shape index (κ1) is 24.5. The van der Waals surface area contributed by atoms with E-state index in [0.29, 0.717) is 29.5 Å². The summed E-state index contributed by atoms with van der Waals surface area (Å²) in [4.78, 5) is 11.2. The van der Waals surface area contributed by atoms with Crippen LogP contribution in [-0.2, 0) is 14.6 Å². The van der Waals surface area contributed by atoms with Crippen molar-refractivity contribution in [3.05, 3.63) is 23.7 Å². The Kier molecular flexibility index (Phi) is 6.78. The van der Waals surface area contributed by atoms with Crippen molar-refractivity contribution >= 4 is 15.9 Å². The molecule has 192 valence electrons. The van der Waals surface area contributed by atoms with Gasteiger partial charge in [-0.05, 0) is 70.4 Å². The van der Waals surface area contributed by atoms with Crippen LogP contribution in [0.5, 0.6) is 5.75 Å². The van der Waals surface area contributed by atoms with E-state index in [0.717, 1.165) is 57.2 Å². The lowest BCUT2D eigenvalue weighted by Crippen LogP contribution is -2.47. The van der Waals surface area contributed by atoms with Crippen LogP contribution in [0.1, 0.15) is 82.7 Å². The molecule has 2 aromatic rings. The van der Waals surface area contributed by atoms with Crippen molar-refractivity contribution in [3.8, 4) is 5.75 Å². The second kappa shape index (κ2) is 9.69. The molecular weight excluding hydrogens is 468 g/mol. The van der Waals surface area contributed by atoms with Crippen LogP contribution in [0.2, 0.25) is 0 Å². The van der Waals surface area contributed by atoms with Gasteiger partial charge in [0.05, 0.1) is 24.0 Å². The van der Waals surface area contributed by atoms with Gasteiger partial charge in [0.1, 0.15) is 5.75 Å². The third kappa shape index (κ3) is 5.33. The number of hydrogen-bond acceptors (Lipinski definition) is 9. The molecule has 0 unspecified atom stereocenters. The van der Waals surface area contributed by atoms with Crippen molar-refractivity contribution in [1.82, 2.24) is 15.1 Å². The van der Waals surface area contributed by atoms with Crippen molar-refractivity contribution < 1.29 is 22.4 Å². The minimum atomic E-state index is -3.32. The molecule has 2 bridgehead atoms. The summed E-state index contributed by atoms with van der Waals surface area (Å²) in [6, 6.07) is 4.73. The number of nitrogens with zero attached hydrogens (tertiary/aromatic N) is 4. The Balaban J connectivity index is 1.11. The summed E-state index contributed by atoms with van der Waals surface area (Å²) >= 11 is 0. The number of sulfone groups is 1. The molecule has 35 heavy (non-hydrogen) atoms. The van der Waals surface area contributed by atoms with Crippen LogP contribution in [0.15, 0.2) is 21.7 Å². The minimum absolute atomic E-state index is 0.0823. The zero-order chi connectivity index (χ0) is 24.7. The number of pyridine rings is 1. The molecule has 3 aliphatic rings. The first-order chi connectivity index (χ1) is 16.7. The molecule has 2 atom stereocenters. The Morgan fingerprint density at radius 2 is 1.63 bits per heavy atom. The summed E-state index contributed by atoms with van der Waals surface area (Å²) in [5, 5.41) is 4.24. The lowest BCUT2D eigenvalue weighted by molar-refractivity contribution is -0.0587. The maximum Gasteiger partial charge on any atom is 0.324 e. The van der Waals surface area contributed by atoms with Crippen molar-refractivity contribution in [2.24, 2.45) is 0 Å². The van der Waals surface area contributed by atoms with E-state index < -0.39 is 9.84 Å². The summed E-state index contributed by atoms with van der Waals surface area (Å²) in [6.45, 7) is 5.95. The first-order valence-electron chi connectivity index (χ1n) is 12.8. The molecular formula is C25H36N4O5S. The Hall–Kier alpha value is -2.20. The van der Waals surface area contributed by atoms with E-state index >= 15 is 0 Å². The van der Waals surface area contributed by atoms with Crippen LogP contribution in [0, 0.1) is 6.92 Å². The molecule has 0 radical (unpaired) electrons. The number of fused-ring (bicyclic) bond motifs is 2. The van der Waals surface area contributed by atoms with Gasteiger partial charge in [-0.15, -0.1) is 0 Å². The zero-order valence-corrected chi connectivity index (χ0v) is 21.8. The number of anilines is 1. The molecule has 2 aliphatic heterocycles. The number of aryl methyl sites for hydroxylation is 1. The molecule has 2 saturated heterocycles. The molecule has 1 aliphatic carbocycles. The van der Waals surface area contributed by atoms with Gasteiger partial charge in [-0.3, -0.25) is 0 Å². The Labute approximate surface area is 207 Å². The van der Waals surface area contributed by atoms with E-state index in [4.69, 9.17) is 14.0 Å². The predicted molar refractivity (Wildman–Crippen MR) is 131 cm³/mol. The fourth-order valence-electron chi connectivity index (χ4n) is 5.71. The lowest BCUT2D eigenvalue weighted by Gasteiger charge is -2.39. The molecule has 2 aromatic heterocycles. The molecule has 5 rings (SSSR count). The highest BCUT2D eigenvalue weighted by molar-refractivity contribution is 7.90. The lowest BCUT2D eigenvalue weighted by atomic mass is 9.93. The van der Waals surface area contributed by atoms with E-state index in [1.807, 2.05) is 0 Å². The van der Waals surface area contributed by atoms with Crippen LogP contribution in [0.3, 0.4) is 0 Å². The van der Waals surface area contributed by atoms with Gasteiger partial charge in [0.2, 0.25) is 0 Å². The molecule has 0 spiro atoms. The van der Waals surface area contributed by atoms with Gasteiger partial charge in [-0.25, -0.2) is 13.4 Å². The molecule has 10 heteroatoms. The van der Waals surface area contributed by atoms with Crippen molar-refractivity contribution in [2.75, 3.05) is 11.2 Å². The molecule has 9 nitrogen and oxygen atoms in total.